The van der Waals surface area contributed by atoms with Crippen LogP contribution in [0.3, 0.4) is 0 Å². The van der Waals surface area contributed by atoms with E-state index in [9.17, 15) is 9.90 Å². The van der Waals surface area contributed by atoms with Gasteiger partial charge in [0, 0.05) is 12.5 Å². The molecule has 8 nitrogen and oxygen atoms in total. The highest BCUT2D eigenvalue weighted by molar-refractivity contribution is 5.88. The number of hydrogen-bond acceptors (Lipinski definition) is 6. The number of nitrogens with zero attached hydrogens (tertiary/aromatic N) is 4. The van der Waals surface area contributed by atoms with Crippen LogP contribution in [-0.4, -0.2) is 62.9 Å². The monoisotopic (exact) mass is 538 g/mol. The third-order valence-corrected chi connectivity index (χ3v) is 8.76. The van der Waals surface area contributed by atoms with E-state index >= 15 is 0 Å². The number of benzene rings is 2. The zero-order chi connectivity index (χ0) is 27.1. The molecule has 0 amide bonds. The Bertz CT molecular complexity index is 1520. The number of carboxylic acids is 1. The van der Waals surface area contributed by atoms with Crippen molar-refractivity contribution in [1.82, 2.24) is 19.4 Å². The lowest BCUT2D eigenvalue weighted by atomic mass is 9.84. The maximum atomic E-state index is 11.6. The van der Waals surface area contributed by atoms with Gasteiger partial charge < -0.3 is 19.1 Å². The van der Waals surface area contributed by atoms with Crippen molar-refractivity contribution in [2.24, 2.45) is 0 Å². The maximum absolute atomic E-state index is 11.6. The average Bonchev–Trinajstić information content (AvgIpc) is 3.31. The Morgan fingerprint density at radius 2 is 1.77 bits per heavy atom. The van der Waals surface area contributed by atoms with Gasteiger partial charge in [-0.15, -0.1) is 0 Å². The molecule has 0 bridgehead atoms. The summed E-state index contributed by atoms with van der Waals surface area (Å²) in [6.07, 6.45) is 4.27. The Balaban J connectivity index is 1.06. The second-order valence-corrected chi connectivity index (χ2v) is 11.3. The summed E-state index contributed by atoms with van der Waals surface area (Å²) in [6.45, 7) is 4.80. The Hall–Kier alpha value is -3.75. The van der Waals surface area contributed by atoms with E-state index in [0.717, 1.165) is 69.1 Å². The van der Waals surface area contributed by atoms with Crippen molar-refractivity contribution < 1.29 is 19.4 Å². The zero-order valence-electron chi connectivity index (χ0n) is 22.5. The first kappa shape index (κ1) is 25.2. The first-order valence-corrected chi connectivity index (χ1v) is 14.4. The number of para-hydroxylation sites is 1. The molecule has 0 aliphatic carbocycles. The number of aromatic carboxylic acids is 1. The fourth-order valence-electron chi connectivity index (χ4n) is 6.43. The topological polar surface area (TPSA) is 89.7 Å². The van der Waals surface area contributed by atoms with E-state index in [0.29, 0.717) is 30.6 Å². The number of carbonyl (C=O) groups is 1. The van der Waals surface area contributed by atoms with Gasteiger partial charge in [0.15, 0.2) is 11.3 Å². The van der Waals surface area contributed by atoms with E-state index < -0.39 is 5.97 Å². The number of hydrogen-bond donors (Lipinski definition) is 1. The molecule has 2 saturated heterocycles. The van der Waals surface area contributed by atoms with Crippen LogP contribution in [0.15, 0.2) is 60.7 Å². The molecule has 206 valence electrons. The van der Waals surface area contributed by atoms with Gasteiger partial charge in [0.2, 0.25) is 0 Å². The summed E-state index contributed by atoms with van der Waals surface area (Å²) in [5.74, 6) is 1.88. The van der Waals surface area contributed by atoms with Crippen molar-refractivity contribution in [3.05, 3.63) is 88.9 Å². The number of rotatable bonds is 7. The molecule has 2 aromatic heterocycles. The van der Waals surface area contributed by atoms with Gasteiger partial charge in [-0.2, -0.15) is 0 Å². The molecule has 40 heavy (non-hydrogen) atoms. The van der Waals surface area contributed by atoms with Gasteiger partial charge in [0.05, 0.1) is 25.8 Å². The molecule has 1 N–H and O–H groups in total. The largest absolute Gasteiger partial charge is 0.492 e. The minimum absolute atomic E-state index is 0.0408. The lowest BCUT2D eigenvalue weighted by Crippen LogP contribution is -2.35. The Kier molecular flexibility index (Phi) is 6.73. The number of likely N-dealkylation sites (tertiary alicyclic amines) is 1. The van der Waals surface area contributed by atoms with Crippen LogP contribution in [0, 0.1) is 0 Å². The van der Waals surface area contributed by atoms with Crippen LogP contribution in [-0.2, 0) is 24.2 Å². The number of fused-ring (bicyclic) bond motifs is 2. The molecule has 8 heteroatoms. The highest BCUT2D eigenvalue weighted by Crippen LogP contribution is 2.41. The molecule has 3 aliphatic rings. The number of pyridine rings is 1. The van der Waals surface area contributed by atoms with Crippen LogP contribution in [0.25, 0.3) is 11.2 Å². The summed E-state index contributed by atoms with van der Waals surface area (Å²) >= 11 is 0. The molecule has 1 unspecified atom stereocenters. The van der Waals surface area contributed by atoms with Crippen LogP contribution < -0.4 is 4.74 Å². The summed E-state index contributed by atoms with van der Waals surface area (Å²) in [6, 6.07) is 20.7. The van der Waals surface area contributed by atoms with Crippen molar-refractivity contribution in [1.29, 1.82) is 0 Å². The fourth-order valence-corrected chi connectivity index (χ4v) is 6.43. The predicted molar refractivity (Wildman–Crippen MR) is 151 cm³/mol. The molecule has 4 aromatic rings. The first-order valence-electron chi connectivity index (χ1n) is 14.4. The maximum Gasteiger partial charge on any atom is 0.354 e. The van der Waals surface area contributed by atoms with Crippen molar-refractivity contribution in [2.45, 2.75) is 56.7 Å². The molecular weight excluding hydrogens is 504 g/mol. The first-order chi connectivity index (χ1) is 19.6. The lowest BCUT2D eigenvalue weighted by molar-refractivity contribution is -0.0593. The third kappa shape index (κ3) is 4.86. The molecule has 2 aromatic carbocycles. The van der Waals surface area contributed by atoms with Gasteiger partial charge in [0.1, 0.15) is 17.1 Å². The smallest absolute Gasteiger partial charge is 0.354 e. The zero-order valence-corrected chi connectivity index (χ0v) is 22.5. The highest BCUT2D eigenvalue weighted by Gasteiger charge is 2.30. The molecule has 2 fully saturated rings. The van der Waals surface area contributed by atoms with Gasteiger partial charge >= 0.3 is 5.97 Å². The lowest BCUT2D eigenvalue weighted by Gasteiger charge is -2.35. The summed E-state index contributed by atoms with van der Waals surface area (Å²) in [5, 5.41) is 9.47. The van der Waals surface area contributed by atoms with E-state index in [4.69, 9.17) is 14.5 Å². The molecule has 2 atom stereocenters. The minimum Gasteiger partial charge on any atom is -0.492 e. The standard InChI is InChI=1S/C32H34N4O4/c37-32(38)28-10-9-27-31(34-28)36(18-25-13-16-39-25)29(33-27)19-35-14-11-22(12-15-35)26-8-4-7-23-17-24(20-40-30(23)26)21-5-2-1-3-6-21/h1-10,22,24-25H,11-20H2,(H,37,38)/t24?,25-/m0/s1. The van der Waals surface area contributed by atoms with Crippen LogP contribution in [0.5, 0.6) is 5.75 Å². The third-order valence-electron chi connectivity index (χ3n) is 8.76. The molecule has 3 aliphatic heterocycles. The number of ether oxygens (including phenoxy) is 2. The number of carboxylic acid groups (broad SMARTS) is 1. The van der Waals surface area contributed by atoms with Gasteiger partial charge in [-0.05, 0) is 73.5 Å². The van der Waals surface area contributed by atoms with Crippen LogP contribution in [0.2, 0.25) is 0 Å². The number of imidazole rings is 1. The molecule has 0 radical (unpaired) electrons. The van der Waals surface area contributed by atoms with E-state index in [1.165, 1.54) is 22.8 Å². The second-order valence-electron chi connectivity index (χ2n) is 11.3. The average molecular weight is 539 g/mol. The molecule has 0 saturated carbocycles. The summed E-state index contributed by atoms with van der Waals surface area (Å²) < 4.78 is 14.2. The van der Waals surface area contributed by atoms with Crippen LogP contribution in [0.1, 0.15) is 64.1 Å². The Morgan fingerprint density at radius 3 is 2.52 bits per heavy atom. The van der Waals surface area contributed by atoms with E-state index in [2.05, 4.69) is 63.0 Å². The molecule has 7 rings (SSSR count). The van der Waals surface area contributed by atoms with Gasteiger partial charge in [-0.25, -0.2) is 14.8 Å². The van der Waals surface area contributed by atoms with Crippen molar-refractivity contribution in [3.63, 3.8) is 0 Å². The van der Waals surface area contributed by atoms with Gasteiger partial charge in [-0.1, -0.05) is 48.5 Å². The Morgan fingerprint density at radius 1 is 0.950 bits per heavy atom. The van der Waals surface area contributed by atoms with Crippen LogP contribution >= 0.6 is 0 Å². The van der Waals surface area contributed by atoms with E-state index in [1.54, 1.807) is 6.07 Å². The minimum atomic E-state index is -1.03. The number of piperidine rings is 1. The van der Waals surface area contributed by atoms with Gasteiger partial charge in [0.25, 0.3) is 0 Å². The summed E-state index contributed by atoms with van der Waals surface area (Å²) in [5.41, 5.74) is 5.41. The quantitative estimate of drug-likeness (QED) is 0.354. The SMILES string of the molecule is O=C(O)c1ccc2nc(CN3CCC(c4cccc5c4OCC(c4ccccc4)C5)CC3)n(C[C@@H]3CCO3)c2n1. The van der Waals surface area contributed by atoms with E-state index in [-0.39, 0.29) is 11.8 Å². The highest BCUT2D eigenvalue weighted by atomic mass is 16.5. The van der Waals surface area contributed by atoms with E-state index in [1.807, 2.05) is 0 Å². The second kappa shape index (κ2) is 10.7. The molecule has 0 spiro atoms. The van der Waals surface area contributed by atoms with Crippen molar-refractivity contribution in [3.8, 4) is 5.75 Å². The predicted octanol–water partition coefficient (Wildman–Crippen LogP) is 5.02. The van der Waals surface area contributed by atoms with Crippen molar-refractivity contribution in [2.75, 3.05) is 26.3 Å². The van der Waals surface area contributed by atoms with Crippen LogP contribution in [0.4, 0.5) is 0 Å². The molecule has 5 heterocycles. The van der Waals surface area contributed by atoms with Gasteiger partial charge in [-0.3, -0.25) is 4.90 Å². The van der Waals surface area contributed by atoms with Crippen molar-refractivity contribution >= 4 is 17.1 Å². The summed E-state index contributed by atoms with van der Waals surface area (Å²) in [7, 11) is 0. The summed E-state index contributed by atoms with van der Waals surface area (Å²) in [4.78, 5) is 23.3. The molecular formula is C32H34N4O4. The fraction of sp³-hybridized carbons (Fsp3) is 0.406. The Labute approximate surface area is 233 Å². The normalized spacial score (nSPS) is 21.5. The number of aromatic nitrogens is 3.